The molecule has 0 spiro atoms. The van der Waals surface area contributed by atoms with Gasteiger partial charge in [0.25, 0.3) is 0 Å². The van der Waals surface area contributed by atoms with E-state index in [1.54, 1.807) is 6.08 Å². The van der Waals surface area contributed by atoms with Crippen molar-refractivity contribution in [2.45, 2.75) is 331 Å². The molecule has 90 heavy (non-hydrogen) atoms. The van der Waals surface area contributed by atoms with Crippen molar-refractivity contribution in [2.75, 3.05) is 19.8 Å². The van der Waals surface area contributed by atoms with E-state index >= 15 is 0 Å². The first-order chi connectivity index (χ1) is 44.1. The van der Waals surface area contributed by atoms with Gasteiger partial charge in [0, 0.05) is 6.42 Å². The molecule has 12 unspecified atom stereocenters. The molecule has 2 aliphatic rings. The molecule has 2 aliphatic heterocycles. The highest BCUT2D eigenvalue weighted by Crippen LogP contribution is 2.30. The number of hydrogen-bond acceptors (Lipinski definition) is 13. The smallest absolute Gasteiger partial charge is 0.220 e. The topological polar surface area (TPSA) is 228 Å². The first-order valence-corrected chi connectivity index (χ1v) is 35.8. The van der Waals surface area contributed by atoms with Gasteiger partial charge in [-0.25, -0.2) is 0 Å². The Morgan fingerprint density at radius 3 is 1.22 bits per heavy atom. The SMILES string of the molecule is CC/C=C\C/C=C\C/C=C\C/C=C\C/C=C\C/C=C\C/C=C\C/C=C\CCCCCCCCCCCCCCCCC(=O)NC(COC1OC(CO)C(OC2OC(CO)C(O)C(O)C2O)C(O)C1O)C(O)/C=C/CC/C=C/CCCCCCCCCCCCC. The number of ether oxygens (including phenoxy) is 4. The van der Waals surface area contributed by atoms with Gasteiger partial charge in [-0.3, -0.25) is 4.79 Å². The summed E-state index contributed by atoms with van der Waals surface area (Å²) in [5.41, 5.74) is 0. The van der Waals surface area contributed by atoms with Gasteiger partial charge in [0.2, 0.25) is 5.91 Å². The molecule has 2 heterocycles. The molecule has 0 radical (unpaired) electrons. The van der Waals surface area contributed by atoms with E-state index in [1.165, 1.54) is 135 Å². The highest BCUT2D eigenvalue weighted by molar-refractivity contribution is 5.76. The number of allylic oxidation sites excluding steroid dienone is 19. The Morgan fingerprint density at radius 2 is 0.778 bits per heavy atom. The van der Waals surface area contributed by atoms with Gasteiger partial charge in [0.15, 0.2) is 12.6 Å². The molecule has 9 N–H and O–H groups in total. The Labute approximate surface area is 546 Å². The van der Waals surface area contributed by atoms with E-state index in [2.05, 4.69) is 129 Å². The summed E-state index contributed by atoms with van der Waals surface area (Å²) in [6.07, 6.45) is 69.7. The summed E-state index contributed by atoms with van der Waals surface area (Å²) in [6.45, 7) is 2.67. The molecule has 14 nitrogen and oxygen atoms in total. The van der Waals surface area contributed by atoms with Crippen molar-refractivity contribution in [3.05, 3.63) is 122 Å². The number of amides is 1. The maximum Gasteiger partial charge on any atom is 0.220 e. The van der Waals surface area contributed by atoms with Gasteiger partial charge in [0.1, 0.15) is 48.8 Å². The monoisotopic (exact) mass is 1260 g/mol. The van der Waals surface area contributed by atoms with E-state index in [-0.39, 0.29) is 18.9 Å². The number of carbonyl (C=O) groups is 1. The molecular formula is C76H129NO13. The summed E-state index contributed by atoms with van der Waals surface area (Å²) >= 11 is 0. The highest BCUT2D eigenvalue weighted by atomic mass is 16.7. The molecule has 0 saturated carbocycles. The zero-order valence-electron chi connectivity index (χ0n) is 56.1. The summed E-state index contributed by atoms with van der Waals surface area (Å²) in [5, 5.41) is 87.3. The number of hydrogen-bond donors (Lipinski definition) is 9. The van der Waals surface area contributed by atoms with Crippen LogP contribution in [0, 0.1) is 0 Å². The lowest BCUT2D eigenvalue weighted by molar-refractivity contribution is -0.359. The minimum Gasteiger partial charge on any atom is -0.394 e. The van der Waals surface area contributed by atoms with Crippen molar-refractivity contribution in [3.63, 3.8) is 0 Å². The third kappa shape index (κ3) is 42.6. The van der Waals surface area contributed by atoms with Crippen LogP contribution in [0.15, 0.2) is 122 Å². The van der Waals surface area contributed by atoms with E-state index in [1.807, 2.05) is 6.08 Å². The molecule has 12 atom stereocenters. The first kappa shape index (κ1) is 82.5. The van der Waals surface area contributed by atoms with Gasteiger partial charge >= 0.3 is 0 Å². The van der Waals surface area contributed by atoms with Crippen LogP contribution in [0.3, 0.4) is 0 Å². The fourth-order valence-corrected chi connectivity index (χ4v) is 11.0. The van der Waals surface area contributed by atoms with Crippen LogP contribution in [0.4, 0.5) is 0 Å². The lowest BCUT2D eigenvalue weighted by Crippen LogP contribution is -2.65. The number of unbranched alkanes of at least 4 members (excludes halogenated alkanes) is 26. The van der Waals surface area contributed by atoms with Crippen molar-refractivity contribution in [2.24, 2.45) is 0 Å². The van der Waals surface area contributed by atoms with Crippen LogP contribution in [-0.2, 0) is 23.7 Å². The van der Waals surface area contributed by atoms with Gasteiger partial charge in [-0.2, -0.15) is 0 Å². The summed E-state index contributed by atoms with van der Waals surface area (Å²) in [7, 11) is 0. The van der Waals surface area contributed by atoms with Crippen LogP contribution < -0.4 is 5.32 Å². The van der Waals surface area contributed by atoms with Gasteiger partial charge in [-0.1, -0.05) is 277 Å². The van der Waals surface area contributed by atoms with Crippen molar-refractivity contribution >= 4 is 5.91 Å². The number of nitrogens with one attached hydrogen (secondary N) is 1. The summed E-state index contributed by atoms with van der Waals surface area (Å²) in [4.78, 5) is 13.3. The Hall–Kier alpha value is -3.61. The molecule has 0 aromatic carbocycles. The van der Waals surface area contributed by atoms with Crippen LogP contribution in [0.1, 0.15) is 258 Å². The highest BCUT2D eigenvalue weighted by Gasteiger charge is 2.51. The third-order valence-corrected chi connectivity index (χ3v) is 16.6. The fourth-order valence-electron chi connectivity index (χ4n) is 11.0. The van der Waals surface area contributed by atoms with Gasteiger partial charge < -0.3 is 65.1 Å². The van der Waals surface area contributed by atoms with E-state index < -0.39 is 86.8 Å². The molecule has 516 valence electrons. The summed E-state index contributed by atoms with van der Waals surface area (Å²) in [6, 6.07) is -0.939. The third-order valence-electron chi connectivity index (χ3n) is 16.6. The van der Waals surface area contributed by atoms with Gasteiger partial charge in [-0.05, 0) is 96.3 Å². The van der Waals surface area contributed by atoms with Crippen molar-refractivity contribution < 1.29 is 64.6 Å². The van der Waals surface area contributed by atoms with E-state index in [4.69, 9.17) is 18.9 Å². The van der Waals surface area contributed by atoms with Crippen molar-refractivity contribution in [1.29, 1.82) is 0 Å². The molecule has 2 fully saturated rings. The van der Waals surface area contributed by atoms with Crippen LogP contribution >= 0.6 is 0 Å². The maximum atomic E-state index is 13.3. The van der Waals surface area contributed by atoms with Gasteiger partial charge in [0.05, 0.1) is 32.0 Å². The zero-order chi connectivity index (χ0) is 65.2. The Balaban J connectivity index is 1.62. The molecule has 0 aromatic rings. The van der Waals surface area contributed by atoms with Crippen LogP contribution in [0.2, 0.25) is 0 Å². The minimum atomic E-state index is -1.80. The molecule has 1 amide bonds. The molecule has 0 aliphatic carbocycles. The maximum absolute atomic E-state index is 13.3. The second kappa shape index (κ2) is 59.2. The number of carbonyl (C=O) groups excluding carboxylic acids is 1. The van der Waals surface area contributed by atoms with Crippen molar-refractivity contribution in [1.82, 2.24) is 5.32 Å². The number of aliphatic hydroxyl groups excluding tert-OH is 8. The second-order valence-corrected chi connectivity index (χ2v) is 24.6. The van der Waals surface area contributed by atoms with Gasteiger partial charge in [-0.15, -0.1) is 0 Å². The average molecular weight is 1260 g/mol. The van der Waals surface area contributed by atoms with Crippen LogP contribution in [0.5, 0.6) is 0 Å². The predicted molar refractivity (Wildman–Crippen MR) is 368 cm³/mol. The van der Waals surface area contributed by atoms with E-state index in [9.17, 15) is 45.6 Å². The Bertz CT molecular complexity index is 1980. The number of rotatable bonds is 57. The van der Waals surface area contributed by atoms with E-state index in [0.717, 1.165) is 89.9 Å². The summed E-state index contributed by atoms with van der Waals surface area (Å²) < 4.78 is 22.8. The molecular weight excluding hydrogens is 1130 g/mol. The zero-order valence-corrected chi connectivity index (χ0v) is 56.1. The molecule has 0 aromatic heterocycles. The predicted octanol–water partition coefficient (Wildman–Crippen LogP) is 14.9. The van der Waals surface area contributed by atoms with Crippen molar-refractivity contribution in [3.8, 4) is 0 Å². The molecule has 0 bridgehead atoms. The Kier molecular flexibility index (Phi) is 54.2. The van der Waals surface area contributed by atoms with E-state index in [0.29, 0.717) is 12.8 Å². The standard InChI is InChI=1S/C76H129NO13/c1-3-5-7-9-11-13-15-17-19-21-22-23-24-25-26-27-28-29-30-31-32-33-34-35-36-37-38-39-40-41-42-44-46-48-50-52-54-56-58-60-68(81)77-64(65(80)59-57-55-53-51-49-47-45-43-20-18-16-14-12-10-8-6-4-2)63-87-75-73(86)71(84)74(67(62-79)89-75)90-76-72(85)70(83)69(82)66(61-78)88-76/h5,7,11,13,17,19,22-23,25-26,28-29,31-32,34-35,49,51,57,59,64-67,69-76,78-80,82-86H,3-4,6,8-10,12,14-16,18,20-21,24,27,30,33,36-48,50,52-56,58,60-63H2,1-2H3,(H,77,81)/b7-5-,13-11-,19-17-,23-22-,26-25-,29-28-,32-31-,35-34-,51-49+,59-57+. The quantitative estimate of drug-likeness (QED) is 0.0204. The van der Waals surface area contributed by atoms with Crippen LogP contribution in [-0.4, -0.2) is 140 Å². The number of aliphatic hydroxyl groups is 8. The lowest BCUT2D eigenvalue weighted by atomic mass is 9.97. The molecule has 2 rings (SSSR count). The fraction of sp³-hybridized carbons (Fsp3) is 0.724. The first-order valence-electron chi connectivity index (χ1n) is 35.8. The second-order valence-electron chi connectivity index (χ2n) is 24.6. The largest absolute Gasteiger partial charge is 0.394 e. The average Bonchev–Trinajstić information content (AvgIpc) is 1.04. The van der Waals surface area contributed by atoms with Crippen LogP contribution in [0.25, 0.3) is 0 Å². The molecule has 2 saturated heterocycles. The summed E-state index contributed by atoms with van der Waals surface area (Å²) in [5.74, 6) is -0.253. The lowest BCUT2D eigenvalue weighted by Gasteiger charge is -2.46. The Morgan fingerprint density at radius 1 is 0.411 bits per heavy atom. The molecule has 14 heteroatoms. The minimum absolute atomic E-state index is 0.253. The normalized spacial score (nSPS) is 23.7.